The van der Waals surface area contributed by atoms with Gasteiger partial charge in [0, 0.05) is 12.1 Å². The van der Waals surface area contributed by atoms with Crippen LogP contribution in [0.25, 0.3) is 0 Å². The maximum Gasteiger partial charge on any atom is 0.0923 e. The van der Waals surface area contributed by atoms with Crippen LogP contribution in [-0.4, -0.2) is 21.2 Å². The molecule has 4 saturated carbocycles. The van der Waals surface area contributed by atoms with Gasteiger partial charge in [-0.2, -0.15) is 0 Å². The Labute approximate surface area is 152 Å². The number of rotatable bonds is 1. The molecule has 0 aromatic carbocycles. The number of aliphatic hydroxyl groups excluding tert-OH is 1. The highest BCUT2D eigenvalue weighted by Crippen LogP contribution is 2.68. The minimum Gasteiger partial charge on any atom is -0.393 e. The highest BCUT2D eigenvalue weighted by molar-refractivity contribution is 5.18. The summed E-state index contributed by atoms with van der Waals surface area (Å²) in [5.41, 5.74) is 2.26. The van der Waals surface area contributed by atoms with Gasteiger partial charge in [0.25, 0.3) is 0 Å². The highest BCUT2D eigenvalue weighted by Gasteiger charge is 2.60. The van der Waals surface area contributed by atoms with Crippen molar-refractivity contribution < 1.29 is 5.11 Å². The molecule has 5 rings (SSSR count). The van der Waals surface area contributed by atoms with Crippen LogP contribution in [0.4, 0.5) is 0 Å². The van der Waals surface area contributed by atoms with Gasteiger partial charge in [-0.1, -0.05) is 13.8 Å². The van der Waals surface area contributed by atoms with E-state index in [0.29, 0.717) is 16.7 Å². The molecule has 3 heteroatoms. The second-order valence-corrected chi connectivity index (χ2v) is 10.3. The molecule has 0 spiro atoms. The maximum atomic E-state index is 10.2. The average molecular weight is 343 g/mol. The van der Waals surface area contributed by atoms with Gasteiger partial charge < -0.3 is 10.1 Å². The Morgan fingerprint density at radius 3 is 2.60 bits per heavy atom. The summed E-state index contributed by atoms with van der Waals surface area (Å²) in [6.07, 6.45) is 15.6. The summed E-state index contributed by atoms with van der Waals surface area (Å²) >= 11 is 0. The van der Waals surface area contributed by atoms with E-state index in [0.717, 1.165) is 36.5 Å². The van der Waals surface area contributed by atoms with Gasteiger partial charge >= 0.3 is 0 Å². The average Bonchev–Trinajstić information content (AvgIpc) is 3.22. The Bertz CT molecular complexity index is 628. The first-order chi connectivity index (χ1) is 12.0. The van der Waals surface area contributed by atoms with Crippen molar-refractivity contribution in [1.82, 2.24) is 9.97 Å². The van der Waals surface area contributed by atoms with E-state index in [9.17, 15) is 5.11 Å². The van der Waals surface area contributed by atoms with Crippen LogP contribution in [-0.2, 0) is 0 Å². The molecule has 0 radical (unpaired) electrons. The molecule has 0 aliphatic heterocycles. The SMILES string of the molecule is C[C@]12CC[C@H](O)C[C@@H]1CC[C@@H]1[C@@H]2CC[C@]2(C)C(c3c[nH]cn3)CC[C@@H]12. The fraction of sp³-hybridized carbons (Fsp3) is 0.864. The second kappa shape index (κ2) is 5.58. The third kappa shape index (κ3) is 2.23. The number of nitrogens with one attached hydrogen (secondary N) is 1. The van der Waals surface area contributed by atoms with Gasteiger partial charge in [-0.3, -0.25) is 0 Å². The highest BCUT2D eigenvalue weighted by atomic mass is 16.3. The number of hydrogen-bond acceptors (Lipinski definition) is 2. The normalized spacial score (nSPS) is 52.3. The van der Waals surface area contributed by atoms with E-state index in [1.807, 2.05) is 6.33 Å². The van der Waals surface area contributed by atoms with Gasteiger partial charge in [0.1, 0.15) is 0 Å². The van der Waals surface area contributed by atoms with E-state index in [2.05, 4.69) is 30.0 Å². The van der Waals surface area contributed by atoms with Gasteiger partial charge in [0.05, 0.1) is 18.1 Å². The standard InChI is InChI=1S/C22H34N2O/c1-21-9-7-15(25)11-14(21)3-4-16-17-5-6-19(20-12-23-13-24-20)22(17,2)10-8-18(16)21/h12-19,25H,3-11H2,1-2H3,(H,23,24)/t14-,15-,16-,17-,18-,19?,21-,22-/m0/s1. The Morgan fingerprint density at radius 1 is 1.00 bits per heavy atom. The van der Waals surface area contributed by atoms with Gasteiger partial charge in [-0.15, -0.1) is 0 Å². The Hall–Kier alpha value is -0.830. The molecule has 4 aliphatic carbocycles. The number of aliphatic hydroxyl groups is 1. The molecular weight excluding hydrogens is 308 g/mol. The summed E-state index contributed by atoms with van der Waals surface area (Å²) < 4.78 is 0. The molecule has 1 unspecified atom stereocenters. The van der Waals surface area contributed by atoms with Crippen LogP contribution in [0.5, 0.6) is 0 Å². The van der Waals surface area contributed by atoms with Crippen LogP contribution in [0.2, 0.25) is 0 Å². The molecule has 1 aromatic rings. The van der Waals surface area contributed by atoms with Crippen LogP contribution in [0.1, 0.15) is 83.2 Å². The van der Waals surface area contributed by atoms with E-state index >= 15 is 0 Å². The third-order valence-electron chi connectivity index (χ3n) is 9.51. The molecule has 2 N–H and O–H groups in total. The number of aromatic amines is 1. The molecule has 0 amide bonds. The summed E-state index contributed by atoms with van der Waals surface area (Å²) in [7, 11) is 0. The summed E-state index contributed by atoms with van der Waals surface area (Å²) in [6, 6.07) is 0. The van der Waals surface area contributed by atoms with E-state index in [4.69, 9.17) is 0 Å². The molecular formula is C22H34N2O. The summed E-state index contributed by atoms with van der Waals surface area (Å²) in [6.45, 7) is 5.17. The van der Waals surface area contributed by atoms with Crippen molar-refractivity contribution in [3.8, 4) is 0 Å². The van der Waals surface area contributed by atoms with Crippen molar-refractivity contribution in [3.63, 3.8) is 0 Å². The first-order valence-corrected chi connectivity index (χ1v) is 10.7. The molecule has 0 bridgehead atoms. The molecule has 4 fully saturated rings. The second-order valence-electron chi connectivity index (χ2n) is 10.3. The molecule has 138 valence electrons. The predicted molar refractivity (Wildman–Crippen MR) is 99.1 cm³/mol. The van der Waals surface area contributed by atoms with Gasteiger partial charge in [0.2, 0.25) is 0 Å². The lowest BCUT2D eigenvalue weighted by Crippen LogP contribution is -2.53. The largest absolute Gasteiger partial charge is 0.393 e. The molecule has 0 saturated heterocycles. The van der Waals surface area contributed by atoms with Gasteiger partial charge in [0.15, 0.2) is 0 Å². The van der Waals surface area contributed by atoms with Gasteiger partial charge in [-0.25, -0.2) is 4.98 Å². The molecule has 4 aliphatic rings. The minimum atomic E-state index is -0.0287. The quantitative estimate of drug-likeness (QED) is 0.763. The van der Waals surface area contributed by atoms with Crippen LogP contribution in [0.15, 0.2) is 12.5 Å². The Morgan fingerprint density at radius 2 is 1.80 bits per heavy atom. The smallest absolute Gasteiger partial charge is 0.0923 e. The first kappa shape index (κ1) is 16.4. The van der Waals surface area contributed by atoms with E-state index in [-0.39, 0.29) is 6.10 Å². The number of aromatic nitrogens is 2. The number of fused-ring (bicyclic) bond motifs is 5. The lowest BCUT2D eigenvalue weighted by molar-refractivity contribution is -0.123. The van der Waals surface area contributed by atoms with Crippen LogP contribution < -0.4 is 0 Å². The topological polar surface area (TPSA) is 48.9 Å². The molecule has 1 aromatic heterocycles. The zero-order chi connectivity index (χ0) is 17.2. The molecule has 25 heavy (non-hydrogen) atoms. The molecule has 1 heterocycles. The number of nitrogens with zero attached hydrogens (tertiary/aromatic N) is 1. The fourth-order valence-electron chi connectivity index (χ4n) is 8.18. The Balaban J connectivity index is 1.44. The Kier molecular flexibility index (Phi) is 3.65. The summed E-state index contributed by atoms with van der Waals surface area (Å²) in [4.78, 5) is 7.83. The number of H-pyrrole nitrogens is 1. The van der Waals surface area contributed by atoms with Crippen LogP contribution in [0.3, 0.4) is 0 Å². The molecule has 3 nitrogen and oxygen atoms in total. The van der Waals surface area contributed by atoms with Crippen molar-refractivity contribution in [2.75, 3.05) is 0 Å². The van der Waals surface area contributed by atoms with E-state index < -0.39 is 0 Å². The summed E-state index contributed by atoms with van der Waals surface area (Å²) in [5.74, 6) is 4.13. The third-order valence-corrected chi connectivity index (χ3v) is 9.51. The van der Waals surface area contributed by atoms with Crippen LogP contribution in [0, 0.1) is 34.5 Å². The lowest BCUT2D eigenvalue weighted by atomic mass is 9.44. The minimum absolute atomic E-state index is 0.0287. The van der Waals surface area contributed by atoms with Gasteiger partial charge in [-0.05, 0) is 92.3 Å². The van der Waals surface area contributed by atoms with Crippen molar-refractivity contribution >= 4 is 0 Å². The van der Waals surface area contributed by atoms with Crippen LogP contribution >= 0.6 is 0 Å². The van der Waals surface area contributed by atoms with Crippen molar-refractivity contribution in [2.45, 2.75) is 83.7 Å². The monoisotopic (exact) mass is 342 g/mol. The zero-order valence-electron chi connectivity index (χ0n) is 15.9. The fourth-order valence-corrected chi connectivity index (χ4v) is 8.18. The van der Waals surface area contributed by atoms with Crippen molar-refractivity contribution in [2.24, 2.45) is 34.5 Å². The van der Waals surface area contributed by atoms with Crippen molar-refractivity contribution in [3.05, 3.63) is 18.2 Å². The first-order valence-electron chi connectivity index (χ1n) is 10.7. The number of hydrogen-bond donors (Lipinski definition) is 2. The predicted octanol–water partition coefficient (Wildman–Crippen LogP) is 4.90. The summed E-state index contributed by atoms with van der Waals surface area (Å²) in [5, 5.41) is 10.2. The molecule has 8 atom stereocenters. The number of imidazole rings is 1. The maximum absolute atomic E-state index is 10.2. The lowest BCUT2D eigenvalue weighted by Gasteiger charge is -2.61. The van der Waals surface area contributed by atoms with E-state index in [1.165, 1.54) is 50.6 Å². The zero-order valence-corrected chi connectivity index (χ0v) is 15.9. The van der Waals surface area contributed by atoms with E-state index in [1.54, 1.807) is 0 Å². The van der Waals surface area contributed by atoms with Crippen molar-refractivity contribution in [1.29, 1.82) is 0 Å².